The monoisotopic (exact) mass is 954 g/mol. The molecule has 7 rings (SSSR count). The van der Waals surface area contributed by atoms with E-state index in [2.05, 4.69) is 31.9 Å². The number of ether oxygens (including phenoxy) is 2. The van der Waals surface area contributed by atoms with Gasteiger partial charge in [-0.25, -0.2) is 0 Å². The van der Waals surface area contributed by atoms with Crippen molar-refractivity contribution in [1.82, 2.24) is 25.3 Å². The highest BCUT2D eigenvalue weighted by Crippen LogP contribution is 2.39. The number of imide groups is 3. The van der Waals surface area contributed by atoms with Crippen LogP contribution >= 0.6 is 27.7 Å². The van der Waals surface area contributed by atoms with E-state index in [1.54, 1.807) is 36.0 Å². The predicted octanol–water partition coefficient (Wildman–Crippen LogP) is 5.03. The molecule has 0 aromatic heterocycles. The number of hydrogen-bond donors (Lipinski definition) is 3. The number of amides is 8. The molecule has 1 unspecified atom stereocenters. The Kier molecular flexibility index (Phi) is 15.2. The Morgan fingerprint density at radius 3 is 2.08 bits per heavy atom. The van der Waals surface area contributed by atoms with Gasteiger partial charge in [0.05, 0.1) is 37.6 Å². The Labute approximate surface area is 381 Å². The largest absolute Gasteiger partial charge is 0.382 e. The third kappa shape index (κ3) is 10.4. The zero-order valence-corrected chi connectivity index (χ0v) is 37.5. The third-order valence-corrected chi connectivity index (χ3v) is 12.7. The number of likely N-dealkylation sites (N-methyl/N-ethyl adjacent to an activating group) is 1. The fourth-order valence-electron chi connectivity index (χ4n) is 7.81. The van der Waals surface area contributed by atoms with E-state index in [-0.39, 0.29) is 94.0 Å². The van der Waals surface area contributed by atoms with E-state index in [1.165, 1.54) is 18.0 Å². The van der Waals surface area contributed by atoms with Gasteiger partial charge in [0.25, 0.3) is 29.5 Å². The van der Waals surface area contributed by atoms with Crippen LogP contribution in [0.15, 0.2) is 87.1 Å². The molecular formula is C46H47BrN6O10S. The fourth-order valence-corrected chi connectivity index (χ4v) is 9.02. The highest BCUT2D eigenvalue weighted by molar-refractivity contribution is 9.10. The lowest BCUT2D eigenvalue weighted by Gasteiger charge is -2.32. The van der Waals surface area contributed by atoms with Crippen LogP contribution in [0.3, 0.4) is 0 Å². The lowest BCUT2D eigenvalue weighted by Crippen LogP contribution is -2.54. The molecule has 3 N–H and O–H groups in total. The van der Waals surface area contributed by atoms with Crippen LogP contribution in [0.2, 0.25) is 0 Å². The first-order chi connectivity index (χ1) is 30.9. The highest BCUT2D eigenvalue weighted by atomic mass is 79.9. The number of benzene rings is 4. The van der Waals surface area contributed by atoms with E-state index in [0.717, 1.165) is 29.4 Å². The molecule has 3 heterocycles. The molecule has 18 heteroatoms. The third-order valence-electron chi connectivity index (χ3n) is 11.1. The summed E-state index contributed by atoms with van der Waals surface area (Å²) in [6.07, 6.45) is 1.59. The maximum absolute atomic E-state index is 13.5. The fraction of sp³-hybridized carbons (Fsp3) is 0.348. The van der Waals surface area contributed by atoms with Crippen LogP contribution in [0, 0.1) is 0 Å². The molecule has 64 heavy (non-hydrogen) atoms. The van der Waals surface area contributed by atoms with Crippen LogP contribution < -0.4 is 16.0 Å². The van der Waals surface area contributed by atoms with Crippen LogP contribution in [0.25, 0.3) is 10.8 Å². The summed E-state index contributed by atoms with van der Waals surface area (Å²) in [6.45, 7) is 1.91. The van der Waals surface area contributed by atoms with Gasteiger partial charge >= 0.3 is 0 Å². The topological polar surface area (TPSA) is 201 Å². The summed E-state index contributed by atoms with van der Waals surface area (Å²) in [4.78, 5) is 108. The number of anilines is 1. The molecule has 1 saturated heterocycles. The smallest absolute Gasteiger partial charge is 0.264 e. The number of rotatable bonds is 21. The molecule has 16 nitrogen and oxygen atoms in total. The van der Waals surface area contributed by atoms with Gasteiger partial charge in [-0.1, -0.05) is 45.9 Å². The second-order valence-corrected chi connectivity index (χ2v) is 17.3. The number of hydrogen-bond acceptors (Lipinski definition) is 12. The van der Waals surface area contributed by atoms with Crippen LogP contribution in [-0.2, 0) is 28.7 Å². The number of likely N-dealkylation sites (tertiary alicyclic amines) is 1. The van der Waals surface area contributed by atoms with Gasteiger partial charge in [0.15, 0.2) is 0 Å². The zero-order chi connectivity index (χ0) is 45.3. The van der Waals surface area contributed by atoms with E-state index in [4.69, 9.17) is 9.47 Å². The quantitative estimate of drug-likeness (QED) is 0.0745. The molecule has 0 bridgehead atoms. The SMILES string of the molecule is CN1C(=O)CCC(N2C(=O)c3cccc(NCCOCCOCCNC(=O)CCCCC(=O)NCCN4C(=O)c5cccc6c(Sc7ccc(Br)cc7)ccc(c56)C4=O)c3C2=O)C1=O. The maximum atomic E-state index is 13.5. The van der Waals surface area contributed by atoms with E-state index in [9.17, 15) is 38.4 Å². The highest BCUT2D eigenvalue weighted by Gasteiger charge is 2.47. The molecule has 0 saturated carbocycles. The summed E-state index contributed by atoms with van der Waals surface area (Å²) < 4.78 is 12.1. The lowest BCUT2D eigenvalue weighted by molar-refractivity contribution is -0.149. The normalized spacial score (nSPS) is 15.9. The summed E-state index contributed by atoms with van der Waals surface area (Å²) in [6, 6.07) is 20.9. The maximum Gasteiger partial charge on any atom is 0.264 e. The van der Waals surface area contributed by atoms with Gasteiger partial charge in [0, 0.05) is 89.0 Å². The van der Waals surface area contributed by atoms with E-state index < -0.39 is 35.6 Å². The number of fused-ring (bicyclic) bond motifs is 1. The molecule has 3 aliphatic rings. The van der Waals surface area contributed by atoms with Gasteiger partial charge in [-0.2, -0.15) is 0 Å². The predicted molar refractivity (Wildman–Crippen MR) is 240 cm³/mol. The van der Waals surface area contributed by atoms with E-state index >= 15 is 0 Å². The first-order valence-corrected chi connectivity index (χ1v) is 22.6. The summed E-state index contributed by atoms with van der Waals surface area (Å²) in [5.74, 6) is -3.26. The van der Waals surface area contributed by atoms with Crippen LogP contribution in [0.1, 0.15) is 80.0 Å². The minimum Gasteiger partial charge on any atom is -0.382 e. The Morgan fingerprint density at radius 1 is 0.719 bits per heavy atom. The molecular weight excluding hydrogens is 909 g/mol. The van der Waals surface area contributed by atoms with E-state index in [0.29, 0.717) is 48.1 Å². The molecule has 3 aliphatic heterocycles. The average Bonchev–Trinajstić information content (AvgIpc) is 3.55. The molecule has 8 amide bonds. The minimum atomic E-state index is -1.03. The summed E-state index contributed by atoms with van der Waals surface area (Å²) >= 11 is 5.02. The lowest BCUT2D eigenvalue weighted by atomic mass is 9.94. The molecule has 4 aromatic rings. The number of carbonyl (C=O) groups excluding carboxylic acids is 8. The Balaban J connectivity index is 0.722. The molecule has 0 spiro atoms. The van der Waals surface area contributed by atoms with Gasteiger partial charge in [-0.05, 0) is 79.2 Å². The van der Waals surface area contributed by atoms with Crippen molar-refractivity contribution in [1.29, 1.82) is 0 Å². The average molecular weight is 956 g/mol. The molecule has 1 fully saturated rings. The van der Waals surface area contributed by atoms with Gasteiger partial charge < -0.3 is 25.4 Å². The van der Waals surface area contributed by atoms with Gasteiger partial charge in [-0.15, -0.1) is 0 Å². The zero-order valence-electron chi connectivity index (χ0n) is 35.1. The first kappa shape index (κ1) is 46.1. The number of unbranched alkanes of at least 4 members (excludes halogenated alkanes) is 1. The Morgan fingerprint density at radius 2 is 1.36 bits per heavy atom. The Bertz CT molecular complexity index is 2480. The van der Waals surface area contributed by atoms with E-state index in [1.807, 2.05) is 42.5 Å². The van der Waals surface area contributed by atoms with Crippen LogP contribution in [0.5, 0.6) is 0 Å². The molecule has 1 atom stereocenters. The Hall–Kier alpha value is -5.95. The number of nitrogens with zero attached hydrogens (tertiary/aromatic N) is 3. The molecule has 4 aromatic carbocycles. The molecule has 0 aliphatic carbocycles. The number of piperidine rings is 1. The van der Waals surface area contributed by atoms with Crippen molar-refractivity contribution in [2.75, 3.05) is 65.0 Å². The summed E-state index contributed by atoms with van der Waals surface area (Å²) in [5, 5.41) is 10.2. The van der Waals surface area contributed by atoms with Crippen LogP contribution in [-0.4, -0.2) is 128 Å². The molecule has 334 valence electrons. The summed E-state index contributed by atoms with van der Waals surface area (Å²) in [5.41, 5.74) is 1.72. The van der Waals surface area contributed by atoms with Crippen molar-refractivity contribution >= 4 is 91.4 Å². The first-order valence-electron chi connectivity index (χ1n) is 21.0. The van der Waals surface area contributed by atoms with Gasteiger partial charge in [0.1, 0.15) is 6.04 Å². The number of nitrogens with one attached hydrogen (secondary N) is 3. The van der Waals surface area contributed by atoms with Crippen molar-refractivity contribution in [3.8, 4) is 0 Å². The van der Waals surface area contributed by atoms with Crippen molar-refractivity contribution in [3.63, 3.8) is 0 Å². The van der Waals surface area contributed by atoms with Crippen LogP contribution in [0.4, 0.5) is 5.69 Å². The van der Waals surface area contributed by atoms with Crippen molar-refractivity contribution in [2.45, 2.75) is 54.4 Å². The second-order valence-electron chi connectivity index (χ2n) is 15.3. The second kappa shape index (κ2) is 21.2. The van der Waals surface area contributed by atoms with Crippen molar-refractivity contribution in [3.05, 3.63) is 99.5 Å². The number of carbonyl (C=O) groups is 8. The number of halogens is 1. The molecule has 0 radical (unpaired) electrons. The van der Waals surface area contributed by atoms with Gasteiger partial charge in [-0.3, -0.25) is 53.1 Å². The minimum absolute atomic E-state index is 0.0293. The van der Waals surface area contributed by atoms with Crippen molar-refractivity contribution < 1.29 is 47.8 Å². The van der Waals surface area contributed by atoms with Crippen molar-refractivity contribution in [2.24, 2.45) is 0 Å². The summed E-state index contributed by atoms with van der Waals surface area (Å²) in [7, 11) is 1.35. The standard InChI is InChI=1S/C46H47BrN6O10S/c1-51-39(56)19-17-35(45(51)60)53-44(59)32-8-5-9-34(41(32)46(53)61)48-21-24-62-26-27-63-25-22-50-38(55)11-3-2-10-37(54)49-20-23-52-42(57)31-7-4-6-30-36(18-16-33(40(30)31)43(52)58)64-29-14-12-28(47)13-15-29/h4-9,12-16,18,35,48H,2-3,10-11,17,19-27H2,1H3,(H,49,54)(H,50,55). The van der Waals surface area contributed by atoms with Gasteiger partial charge in [0.2, 0.25) is 17.7 Å².